The van der Waals surface area contributed by atoms with Crippen molar-refractivity contribution in [1.82, 2.24) is 14.9 Å². The van der Waals surface area contributed by atoms with Crippen LogP contribution < -0.4 is 0 Å². The molecule has 0 aromatic carbocycles. The summed E-state index contributed by atoms with van der Waals surface area (Å²) in [6.45, 7) is 0.189. The van der Waals surface area contributed by atoms with Gasteiger partial charge in [-0.2, -0.15) is 0 Å². The van der Waals surface area contributed by atoms with Crippen LogP contribution in [0.25, 0.3) is 6.08 Å². The summed E-state index contributed by atoms with van der Waals surface area (Å²) in [6, 6.07) is 9.72. The monoisotopic (exact) mass is 387 g/mol. The van der Waals surface area contributed by atoms with Crippen molar-refractivity contribution in [1.29, 1.82) is 0 Å². The highest BCUT2D eigenvalue weighted by atomic mass is 16.3. The van der Waals surface area contributed by atoms with Crippen LogP contribution >= 0.6 is 0 Å². The first-order chi connectivity index (χ1) is 14.1. The molecule has 1 N–H and O–H groups in total. The number of allylic oxidation sites excluding steroid dienone is 1. The Morgan fingerprint density at radius 1 is 1.14 bits per heavy atom. The number of nitrogens with zero attached hydrogens (tertiary/aromatic N) is 3. The third kappa shape index (κ3) is 3.70. The summed E-state index contributed by atoms with van der Waals surface area (Å²) >= 11 is 0. The molecule has 0 saturated carbocycles. The molecule has 7 heteroatoms. The molecule has 7 nitrogen and oxygen atoms in total. The molecule has 0 radical (unpaired) electrons. The highest BCUT2D eigenvalue weighted by Gasteiger charge is 2.43. The Bertz CT molecular complexity index is 1070. The molecule has 1 aliphatic heterocycles. The quantitative estimate of drug-likeness (QED) is 0.652. The van der Waals surface area contributed by atoms with Crippen molar-refractivity contribution in [2.75, 3.05) is 0 Å². The maximum Gasteiger partial charge on any atom is 0.290 e. The molecule has 1 amide bonds. The third-order valence-corrected chi connectivity index (χ3v) is 4.59. The van der Waals surface area contributed by atoms with Crippen molar-refractivity contribution in [2.24, 2.45) is 0 Å². The maximum absolute atomic E-state index is 12.9. The highest BCUT2D eigenvalue weighted by Crippen LogP contribution is 2.38. The summed E-state index contributed by atoms with van der Waals surface area (Å²) < 4.78 is 5.19. The number of carbonyl (C=O) groups excluding carboxylic acids is 2. The molecule has 0 bridgehead atoms. The van der Waals surface area contributed by atoms with E-state index in [1.807, 2.05) is 6.07 Å². The Hall–Kier alpha value is -4.00. The van der Waals surface area contributed by atoms with Crippen LogP contribution in [0.3, 0.4) is 0 Å². The van der Waals surface area contributed by atoms with Gasteiger partial charge in [0.15, 0.2) is 11.5 Å². The lowest BCUT2D eigenvalue weighted by atomic mass is 9.97. The van der Waals surface area contributed by atoms with Gasteiger partial charge in [0.25, 0.3) is 5.91 Å². The first-order valence-corrected chi connectivity index (χ1v) is 8.94. The van der Waals surface area contributed by atoms with Crippen LogP contribution in [-0.4, -0.2) is 31.7 Å². The van der Waals surface area contributed by atoms with Crippen LogP contribution in [-0.2, 0) is 16.1 Å². The lowest BCUT2D eigenvalue weighted by Gasteiger charge is -2.26. The Morgan fingerprint density at radius 3 is 2.59 bits per heavy atom. The number of aromatic nitrogens is 2. The van der Waals surface area contributed by atoms with Gasteiger partial charge in [0, 0.05) is 31.3 Å². The van der Waals surface area contributed by atoms with Crippen LogP contribution in [0.2, 0.25) is 0 Å². The van der Waals surface area contributed by atoms with Gasteiger partial charge in [-0.15, -0.1) is 0 Å². The Kier molecular flexibility index (Phi) is 5.03. The summed E-state index contributed by atoms with van der Waals surface area (Å²) in [4.78, 5) is 35.4. The second-order valence-electron chi connectivity index (χ2n) is 6.46. The Morgan fingerprint density at radius 2 is 1.93 bits per heavy atom. The van der Waals surface area contributed by atoms with Gasteiger partial charge in [0.1, 0.15) is 5.76 Å². The van der Waals surface area contributed by atoms with Crippen LogP contribution in [0.15, 0.2) is 89.3 Å². The van der Waals surface area contributed by atoms with Crippen LogP contribution in [0.4, 0.5) is 0 Å². The summed E-state index contributed by atoms with van der Waals surface area (Å²) in [5.74, 6) is -1.16. The highest BCUT2D eigenvalue weighted by molar-refractivity contribution is 6.14. The zero-order valence-electron chi connectivity index (χ0n) is 15.3. The molecule has 1 unspecified atom stereocenters. The standard InChI is InChI=1S/C22H17N3O4/c26-18(8-7-17-6-3-11-29-17)19-20(16-5-2-10-24-13-16)25(22(28)21(19)27)14-15-4-1-9-23-12-15/h1-13,20,27H,14H2. The molecule has 29 heavy (non-hydrogen) atoms. The zero-order chi connectivity index (χ0) is 20.2. The minimum Gasteiger partial charge on any atom is -0.503 e. The van der Waals surface area contributed by atoms with Crippen LogP contribution in [0.5, 0.6) is 0 Å². The number of aliphatic hydroxyl groups is 1. The molecule has 4 heterocycles. The van der Waals surface area contributed by atoms with E-state index < -0.39 is 23.5 Å². The molecule has 0 saturated heterocycles. The smallest absolute Gasteiger partial charge is 0.290 e. The van der Waals surface area contributed by atoms with E-state index in [2.05, 4.69) is 9.97 Å². The molecular weight excluding hydrogens is 370 g/mol. The van der Waals surface area contributed by atoms with Gasteiger partial charge in [-0.1, -0.05) is 12.1 Å². The molecule has 1 aliphatic rings. The van der Waals surface area contributed by atoms with Gasteiger partial charge in [0.05, 0.1) is 17.9 Å². The van der Waals surface area contributed by atoms with Gasteiger partial charge >= 0.3 is 0 Å². The van der Waals surface area contributed by atoms with E-state index in [1.54, 1.807) is 55.1 Å². The van der Waals surface area contributed by atoms with E-state index in [9.17, 15) is 14.7 Å². The maximum atomic E-state index is 12.9. The molecule has 1 atom stereocenters. The third-order valence-electron chi connectivity index (χ3n) is 4.59. The van der Waals surface area contributed by atoms with Gasteiger partial charge in [-0.25, -0.2) is 0 Å². The summed E-state index contributed by atoms with van der Waals surface area (Å²) in [5, 5.41) is 10.5. The van der Waals surface area contributed by atoms with Crippen molar-refractivity contribution in [3.63, 3.8) is 0 Å². The molecule has 0 spiro atoms. The minimum absolute atomic E-state index is 0.00898. The fraction of sp³-hybridized carbons (Fsp3) is 0.0909. The predicted molar refractivity (Wildman–Crippen MR) is 104 cm³/mol. The van der Waals surface area contributed by atoms with Crippen molar-refractivity contribution >= 4 is 17.8 Å². The predicted octanol–water partition coefficient (Wildman–Crippen LogP) is 3.25. The number of amides is 1. The number of furan rings is 1. The second-order valence-corrected chi connectivity index (χ2v) is 6.46. The van der Waals surface area contributed by atoms with E-state index in [4.69, 9.17) is 4.42 Å². The zero-order valence-corrected chi connectivity index (χ0v) is 15.3. The lowest BCUT2D eigenvalue weighted by molar-refractivity contribution is -0.130. The van der Waals surface area contributed by atoms with Crippen molar-refractivity contribution in [2.45, 2.75) is 12.6 Å². The van der Waals surface area contributed by atoms with E-state index in [1.165, 1.54) is 23.3 Å². The lowest BCUT2D eigenvalue weighted by Crippen LogP contribution is -2.30. The SMILES string of the molecule is O=C(C=Cc1ccco1)C1=C(O)C(=O)N(Cc2cccnc2)C1c1cccnc1. The van der Waals surface area contributed by atoms with Crippen LogP contribution in [0.1, 0.15) is 22.9 Å². The number of carbonyl (C=O) groups is 2. The van der Waals surface area contributed by atoms with Crippen LogP contribution in [0, 0.1) is 0 Å². The largest absolute Gasteiger partial charge is 0.503 e. The number of aliphatic hydroxyl groups excluding tert-OH is 1. The van der Waals surface area contributed by atoms with E-state index in [-0.39, 0.29) is 12.1 Å². The average molecular weight is 387 g/mol. The number of pyridine rings is 2. The Balaban J connectivity index is 1.71. The van der Waals surface area contributed by atoms with Crippen molar-refractivity contribution < 1.29 is 19.1 Å². The number of ketones is 1. The number of hydrogen-bond donors (Lipinski definition) is 1. The Labute approximate surface area is 166 Å². The minimum atomic E-state index is -0.759. The van der Waals surface area contributed by atoms with Gasteiger partial charge in [0.2, 0.25) is 0 Å². The molecule has 4 rings (SSSR count). The second kappa shape index (κ2) is 7.93. The topological polar surface area (TPSA) is 96.5 Å². The molecule has 0 aliphatic carbocycles. The number of rotatable bonds is 6. The summed E-state index contributed by atoms with van der Waals surface area (Å²) in [7, 11) is 0. The number of hydrogen-bond acceptors (Lipinski definition) is 6. The molecule has 3 aromatic heterocycles. The summed E-state index contributed by atoms with van der Waals surface area (Å²) in [5.41, 5.74) is 1.42. The molecule has 0 fully saturated rings. The van der Waals surface area contributed by atoms with Gasteiger partial charge in [-0.05, 0) is 47.5 Å². The fourth-order valence-electron chi connectivity index (χ4n) is 3.27. The molecule has 3 aromatic rings. The van der Waals surface area contributed by atoms with Gasteiger partial charge < -0.3 is 14.4 Å². The van der Waals surface area contributed by atoms with Crippen molar-refractivity contribution in [3.05, 3.63) is 102 Å². The summed E-state index contributed by atoms with van der Waals surface area (Å²) in [6.07, 6.45) is 10.7. The first kappa shape index (κ1) is 18.4. The van der Waals surface area contributed by atoms with Crippen molar-refractivity contribution in [3.8, 4) is 0 Å². The first-order valence-electron chi connectivity index (χ1n) is 8.94. The molecule has 144 valence electrons. The fourth-order valence-corrected chi connectivity index (χ4v) is 3.27. The van der Waals surface area contributed by atoms with Gasteiger partial charge in [-0.3, -0.25) is 19.6 Å². The average Bonchev–Trinajstić information content (AvgIpc) is 3.36. The normalized spacial score (nSPS) is 16.8. The van der Waals surface area contributed by atoms with E-state index >= 15 is 0 Å². The van der Waals surface area contributed by atoms with E-state index in [0.717, 1.165) is 5.56 Å². The molecular formula is C22H17N3O4. The van der Waals surface area contributed by atoms with E-state index in [0.29, 0.717) is 11.3 Å².